The number of aromatic nitrogens is 4. The van der Waals surface area contributed by atoms with Gasteiger partial charge in [0.25, 0.3) is 0 Å². The minimum Gasteiger partial charge on any atom is -0.379 e. The third kappa shape index (κ3) is 5.93. The van der Waals surface area contributed by atoms with Gasteiger partial charge in [-0.2, -0.15) is 5.10 Å². The van der Waals surface area contributed by atoms with Gasteiger partial charge in [-0.3, -0.25) is 10.2 Å². The molecule has 1 saturated heterocycles. The lowest BCUT2D eigenvalue weighted by atomic mass is 9.92. The van der Waals surface area contributed by atoms with Crippen LogP contribution in [-0.2, 0) is 16.7 Å². The van der Waals surface area contributed by atoms with Gasteiger partial charge in [-0.25, -0.2) is 14.5 Å². The van der Waals surface area contributed by atoms with Gasteiger partial charge in [0.2, 0.25) is 0 Å². The molecule has 42 heavy (non-hydrogen) atoms. The second kappa shape index (κ2) is 11.4. The Kier molecular flexibility index (Phi) is 7.53. The first-order valence-electron chi connectivity index (χ1n) is 14.4. The first-order valence-corrected chi connectivity index (χ1v) is 14.4. The van der Waals surface area contributed by atoms with Crippen molar-refractivity contribution in [3.8, 4) is 11.4 Å². The average molecular weight is 564 g/mol. The molecular weight excluding hydrogens is 526 g/mol. The van der Waals surface area contributed by atoms with Gasteiger partial charge < -0.3 is 14.6 Å². The number of fused-ring (bicyclic) bond motifs is 1. The maximum atomic E-state index is 13.4. The number of nitrogens with zero attached hydrogens (tertiary/aromatic N) is 5. The van der Waals surface area contributed by atoms with Crippen LogP contribution < -0.4 is 10.6 Å². The van der Waals surface area contributed by atoms with Crippen LogP contribution in [0.25, 0.3) is 22.1 Å². The van der Waals surface area contributed by atoms with Crippen molar-refractivity contribution >= 4 is 28.3 Å². The highest BCUT2D eigenvalue weighted by Gasteiger charge is 2.22. The molecule has 5 aromatic rings. The van der Waals surface area contributed by atoms with Gasteiger partial charge in [-0.15, -0.1) is 0 Å². The van der Waals surface area contributed by atoms with Gasteiger partial charge in [-0.05, 0) is 31.2 Å². The molecule has 0 aliphatic carbocycles. The highest BCUT2D eigenvalue weighted by molar-refractivity contribution is 6.07. The molecule has 1 fully saturated rings. The Balaban J connectivity index is 1.25. The Bertz CT molecular complexity index is 1710. The number of imidazole rings is 1. The number of aryl methyl sites for hydroxylation is 1. The van der Waals surface area contributed by atoms with Crippen LogP contribution in [0.3, 0.4) is 0 Å². The SMILES string of the molecule is Cc1ccc(-n2nc(C(C)(C)C)cc2NC(=O)Nc2ccc(-n3cnc(CN4CCOCC4)c3)c3ccccc23)cc1. The fourth-order valence-electron chi connectivity index (χ4n) is 5.17. The quantitative estimate of drug-likeness (QED) is 0.253. The summed E-state index contributed by atoms with van der Waals surface area (Å²) in [4.78, 5) is 20.4. The molecule has 1 aliphatic heterocycles. The van der Waals surface area contributed by atoms with Gasteiger partial charge >= 0.3 is 6.03 Å². The number of morpholine rings is 1. The lowest BCUT2D eigenvalue weighted by Gasteiger charge is -2.25. The van der Waals surface area contributed by atoms with Crippen molar-refractivity contribution in [2.45, 2.75) is 39.7 Å². The van der Waals surface area contributed by atoms with E-state index in [2.05, 4.69) is 58.1 Å². The van der Waals surface area contributed by atoms with Crippen LogP contribution in [0.5, 0.6) is 0 Å². The lowest BCUT2D eigenvalue weighted by Crippen LogP contribution is -2.35. The lowest BCUT2D eigenvalue weighted by molar-refractivity contribution is 0.0337. The van der Waals surface area contributed by atoms with Crippen LogP contribution >= 0.6 is 0 Å². The molecule has 9 heteroatoms. The van der Waals surface area contributed by atoms with Crippen molar-refractivity contribution in [2.75, 3.05) is 36.9 Å². The maximum Gasteiger partial charge on any atom is 0.324 e. The molecule has 0 spiro atoms. The fraction of sp³-hybridized carbons (Fsp3) is 0.303. The topological polar surface area (TPSA) is 89.2 Å². The van der Waals surface area contributed by atoms with Crippen LogP contribution in [0.15, 0.2) is 79.3 Å². The van der Waals surface area contributed by atoms with E-state index in [-0.39, 0.29) is 11.4 Å². The number of hydrogen-bond acceptors (Lipinski definition) is 5. The predicted octanol–water partition coefficient (Wildman–Crippen LogP) is 6.29. The monoisotopic (exact) mass is 563 g/mol. The predicted molar refractivity (Wildman–Crippen MR) is 167 cm³/mol. The van der Waals surface area contributed by atoms with Crippen LogP contribution in [0.2, 0.25) is 0 Å². The summed E-state index contributed by atoms with van der Waals surface area (Å²) in [6.07, 6.45) is 3.94. The number of anilines is 2. The first-order chi connectivity index (χ1) is 20.2. The standard InChI is InChI=1S/C33H37N7O2/c1-23-9-11-25(12-10-23)40-31(19-30(37-40)33(2,3)4)36-32(41)35-28-13-14-29(27-8-6-5-7-26(27)28)39-21-24(34-22-39)20-38-15-17-42-18-16-38/h5-14,19,21-22H,15-18,20H2,1-4H3,(H2,35,36,41). The van der Waals surface area contributed by atoms with E-state index in [0.29, 0.717) is 5.82 Å². The smallest absolute Gasteiger partial charge is 0.324 e. The molecule has 0 atom stereocenters. The second-order valence-electron chi connectivity index (χ2n) is 11.8. The third-order valence-electron chi connectivity index (χ3n) is 7.55. The van der Waals surface area contributed by atoms with Crippen molar-refractivity contribution in [1.82, 2.24) is 24.2 Å². The molecule has 2 N–H and O–H groups in total. The number of carbonyl (C=O) groups is 1. The highest BCUT2D eigenvalue weighted by Crippen LogP contribution is 2.30. The Hall–Kier alpha value is -4.47. The summed E-state index contributed by atoms with van der Waals surface area (Å²) in [5, 5.41) is 12.9. The summed E-state index contributed by atoms with van der Waals surface area (Å²) in [7, 11) is 0. The number of benzene rings is 3. The van der Waals surface area contributed by atoms with Crippen LogP contribution in [-0.4, -0.2) is 56.6 Å². The molecule has 2 aromatic heterocycles. The normalized spacial score (nSPS) is 14.3. The summed E-state index contributed by atoms with van der Waals surface area (Å²) >= 11 is 0. The van der Waals surface area contributed by atoms with E-state index in [1.54, 1.807) is 4.68 Å². The number of nitrogens with one attached hydrogen (secondary N) is 2. The number of ether oxygens (including phenoxy) is 1. The van der Waals surface area contributed by atoms with Crippen molar-refractivity contribution in [3.05, 3.63) is 96.2 Å². The summed E-state index contributed by atoms with van der Waals surface area (Å²) in [6, 6.07) is 21.7. The van der Waals surface area contributed by atoms with E-state index in [1.165, 1.54) is 0 Å². The first kappa shape index (κ1) is 27.7. The van der Waals surface area contributed by atoms with E-state index in [9.17, 15) is 4.79 Å². The minimum atomic E-state index is -0.336. The van der Waals surface area contributed by atoms with Crippen LogP contribution in [0, 0.1) is 6.92 Å². The van der Waals surface area contributed by atoms with E-state index >= 15 is 0 Å². The molecule has 3 aromatic carbocycles. The third-order valence-corrected chi connectivity index (χ3v) is 7.55. The molecular formula is C33H37N7O2. The number of hydrogen-bond donors (Lipinski definition) is 2. The zero-order chi connectivity index (χ0) is 29.3. The molecule has 6 rings (SSSR count). The van der Waals surface area contributed by atoms with Crippen molar-refractivity contribution in [2.24, 2.45) is 0 Å². The molecule has 216 valence electrons. The number of rotatable bonds is 6. The highest BCUT2D eigenvalue weighted by atomic mass is 16.5. The minimum absolute atomic E-state index is 0.176. The number of urea groups is 1. The molecule has 0 radical (unpaired) electrons. The Morgan fingerprint density at radius 2 is 1.69 bits per heavy atom. The number of carbonyl (C=O) groups excluding carboxylic acids is 1. The fourth-order valence-corrected chi connectivity index (χ4v) is 5.17. The van der Waals surface area contributed by atoms with Gasteiger partial charge in [0, 0.05) is 48.1 Å². The summed E-state index contributed by atoms with van der Waals surface area (Å²) < 4.78 is 9.31. The van der Waals surface area contributed by atoms with Gasteiger partial charge in [0.05, 0.1) is 48.0 Å². The summed E-state index contributed by atoms with van der Waals surface area (Å²) in [5.74, 6) is 0.605. The largest absolute Gasteiger partial charge is 0.379 e. The zero-order valence-electron chi connectivity index (χ0n) is 24.6. The van der Waals surface area contributed by atoms with Crippen molar-refractivity contribution in [3.63, 3.8) is 0 Å². The number of amides is 2. The molecule has 2 amide bonds. The van der Waals surface area contributed by atoms with E-state index in [1.807, 2.05) is 73.9 Å². The van der Waals surface area contributed by atoms with Crippen LogP contribution in [0.1, 0.15) is 37.7 Å². The van der Waals surface area contributed by atoms with Gasteiger partial charge in [-0.1, -0.05) is 62.7 Å². The van der Waals surface area contributed by atoms with Gasteiger partial charge in [0.15, 0.2) is 0 Å². The molecule has 3 heterocycles. The molecule has 0 saturated carbocycles. The van der Waals surface area contributed by atoms with Crippen molar-refractivity contribution < 1.29 is 9.53 Å². The molecule has 1 aliphatic rings. The average Bonchev–Trinajstić information content (AvgIpc) is 3.62. The Morgan fingerprint density at radius 3 is 2.43 bits per heavy atom. The summed E-state index contributed by atoms with van der Waals surface area (Å²) in [5.41, 5.74) is 5.50. The van der Waals surface area contributed by atoms with Crippen molar-refractivity contribution in [1.29, 1.82) is 0 Å². The Morgan fingerprint density at radius 1 is 0.952 bits per heavy atom. The molecule has 0 bridgehead atoms. The zero-order valence-corrected chi connectivity index (χ0v) is 24.6. The van der Waals surface area contributed by atoms with E-state index in [4.69, 9.17) is 9.84 Å². The Labute approximate surface area is 246 Å². The summed E-state index contributed by atoms with van der Waals surface area (Å²) in [6.45, 7) is 12.5. The second-order valence-corrected chi connectivity index (χ2v) is 11.8. The molecule has 9 nitrogen and oxygen atoms in total. The maximum absolute atomic E-state index is 13.4. The van der Waals surface area contributed by atoms with Gasteiger partial charge in [0.1, 0.15) is 5.82 Å². The van der Waals surface area contributed by atoms with E-state index in [0.717, 1.165) is 77.6 Å². The van der Waals surface area contributed by atoms with E-state index < -0.39 is 0 Å². The molecule has 0 unspecified atom stereocenters. The van der Waals surface area contributed by atoms with Crippen LogP contribution in [0.4, 0.5) is 16.3 Å².